The number of ether oxygens (including phenoxy) is 1. The molecule has 0 spiro atoms. The number of hydrogen-bond acceptors (Lipinski definition) is 3. The molecule has 24 heavy (non-hydrogen) atoms. The molecule has 122 valence electrons. The molecule has 5 nitrogen and oxygen atoms in total. The van der Waals surface area contributed by atoms with Crippen LogP contribution in [0.4, 0.5) is 0 Å². The number of carboxylic acids is 1. The molecule has 0 radical (unpaired) electrons. The third kappa shape index (κ3) is 2.88. The topological polar surface area (TPSA) is 64.4 Å². The maximum absolute atomic E-state index is 11.4. The molecule has 1 aromatic heterocycles. The van der Waals surface area contributed by atoms with Crippen LogP contribution in [-0.2, 0) is 0 Å². The molecular weight excluding hydrogens is 304 g/mol. The number of aromatic nitrogens is 2. The normalized spacial score (nSPS) is 10.6. The highest BCUT2D eigenvalue weighted by atomic mass is 16.5. The molecule has 0 saturated carbocycles. The fourth-order valence-electron chi connectivity index (χ4n) is 2.70. The summed E-state index contributed by atoms with van der Waals surface area (Å²) >= 11 is 0. The van der Waals surface area contributed by atoms with E-state index in [9.17, 15) is 9.90 Å². The van der Waals surface area contributed by atoms with Gasteiger partial charge >= 0.3 is 5.97 Å². The van der Waals surface area contributed by atoms with Crippen LogP contribution in [0.2, 0.25) is 0 Å². The van der Waals surface area contributed by atoms with E-state index in [2.05, 4.69) is 11.2 Å². The molecule has 3 rings (SSSR count). The Morgan fingerprint density at radius 1 is 1.08 bits per heavy atom. The molecule has 0 atom stereocenters. The van der Waals surface area contributed by atoms with Gasteiger partial charge in [0.2, 0.25) is 0 Å². The minimum atomic E-state index is -1.05. The minimum Gasteiger partial charge on any atom is -0.497 e. The number of carbonyl (C=O) groups is 1. The average Bonchev–Trinajstić information content (AvgIpc) is 3.00. The fraction of sp³-hybridized carbons (Fsp3) is 0.158. The Kier molecular flexibility index (Phi) is 4.08. The Hall–Kier alpha value is -3.08. The molecule has 1 heterocycles. The van der Waals surface area contributed by atoms with Crippen molar-refractivity contribution in [1.82, 2.24) is 9.78 Å². The van der Waals surface area contributed by atoms with E-state index < -0.39 is 5.97 Å². The number of aromatic carboxylic acids is 1. The summed E-state index contributed by atoms with van der Waals surface area (Å²) in [6.45, 7) is 4.04. The first-order chi connectivity index (χ1) is 11.5. The molecule has 2 aromatic carbocycles. The summed E-state index contributed by atoms with van der Waals surface area (Å²) in [5.74, 6) is -0.314. The first-order valence-corrected chi connectivity index (χ1v) is 7.55. The van der Waals surface area contributed by atoms with E-state index in [-0.39, 0.29) is 5.69 Å². The van der Waals surface area contributed by atoms with Crippen LogP contribution < -0.4 is 4.74 Å². The summed E-state index contributed by atoms with van der Waals surface area (Å²) in [6, 6.07) is 15.0. The van der Waals surface area contributed by atoms with Crippen LogP contribution in [0.25, 0.3) is 16.9 Å². The third-order valence-corrected chi connectivity index (χ3v) is 3.90. The summed E-state index contributed by atoms with van der Waals surface area (Å²) in [7, 11) is 1.60. The van der Waals surface area contributed by atoms with Gasteiger partial charge in [0.05, 0.1) is 18.5 Å². The zero-order chi connectivity index (χ0) is 17.3. The molecule has 0 bridgehead atoms. The molecule has 0 amide bonds. The van der Waals surface area contributed by atoms with Crippen LogP contribution in [0.5, 0.6) is 5.75 Å². The first-order valence-electron chi connectivity index (χ1n) is 7.55. The van der Waals surface area contributed by atoms with Crippen molar-refractivity contribution in [2.75, 3.05) is 7.11 Å². The van der Waals surface area contributed by atoms with Gasteiger partial charge in [0.15, 0.2) is 5.69 Å². The minimum absolute atomic E-state index is 0.0146. The van der Waals surface area contributed by atoms with Crippen molar-refractivity contribution in [2.24, 2.45) is 0 Å². The Morgan fingerprint density at radius 3 is 2.38 bits per heavy atom. The predicted octanol–water partition coefficient (Wildman–Crippen LogP) is 3.86. The van der Waals surface area contributed by atoms with Crippen molar-refractivity contribution in [1.29, 1.82) is 0 Å². The maximum atomic E-state index is 11.4. The molecule has 0 aliphatic heterocycles. The van der Waals surface area contributed by atoms with Gasteiger partial charge in [-0.15, -0.1) is 0 Å². The number of methoxy groups -OCH3 is 1. The fourth-order valence-corrected chi connectivity index (χ4v) is 2.70. The summed E-state index contributed by atoms with van der Waals surface area (Å²) in [5.41, 5.74) is 4.72. The van der Waals surface area contributed by atoms with Crippen LogP contribution in [0, 0.1) is 13.8 Å². The average molecular weight is 322 g/mol. The van der Waals surface area contributed by atoms with E-state index >= 15 is 0 Å². The van der Waals surface area contributed by atoms with Gasteiger partial charge in [0.25, 0.3) is 0 Å². The summed E-state index contributed by atoms with van der Waals surface area (Å²) in [5, 5.41) is 13.6. The van der Waals surface area contributed by atoms with Gasteiger partial charge in [0.1, 0.15) is 5.75 Å². The molecule has 0 aliphatic rings. The largest absolute Gasteiger partial charge is 0.497 e. The molecule has 5 heteroatoms. The Bertz CT molecular complexity index is 895. The second kappa shape index (κ2) is 6.20. The van der Waals surface area contributed by atoms with Gasteiger partial charge in [0, 0.05) is 5.56 Å². The lowest BCUT2D eigenvalue weighted by Gasteiger charge is -2.11. The monoisotopic (exact) mass is 322 g/mol. The Morgan fingerprint density at radius 2 is 1.79 bits per heavy atom. The van der Waals surface area contributed by atoms with E-state index in [4.69, 9.17) is 4.74 Å². The van der Waals surface area contributed by atoms with Gasteiger partial charge in [-0.2, -0.15) is 5.10 Å². The number of carboxylic acid groups (broad SMARTS) is 1. The number of aryl methyl sites for hydroxylation is 2. The number of nitrogens with zero attached hydrogens (tertiary/aromatic N) is 2. The lowest BCUT2D eigenvalue weighted by Crippen LogP contribution is -2.02. The van der Waals surface area contributed by atoms with Gasteiger partial charge in [-0.05, 0) is 49.7 Å². The lowest BCUT2D eigenvalue weighted by atomic mass is 10.0. The zero-order valence-corrected chi connectivity index (χ0v) is 13.8. The number of rotatable bonds is 4. The molecule has 0 aliphatic carbocycles. The predicted molar refractivity (Wildman–Crippen MR) is 92.0 cm³/mol. The molecule has 1 N–H and O–H groups in total. The molecule has 0 saturated heterocycles. The van der Waals surface area contributed by atoms with E-state index in [0.717, 1.165) is 33.8 Å². The summed E-state index contributed by atoms with van der Waals surface area (Å²) in [4.78, 5) is 11.4. The highest BCUT2D eigenvalue weighted by molar-refractivity contribution is 5.87. The van der Waals surface area contributed by atoms with Gasteiger partial charge in [-0.1, -0.05) is 23.8 Å². The van der Waals surface area contributed by atoms with Gasteiger partial charge in [-0.3, -0.25) is 0 Å². The van der Waals surface area contributed by atoms with Crippen molar-refractivity contribution in [3.8, 4) is 22.7 Å². The quantitative estimate of drug-likeness (QED) is 0.792. The number of benzene rings is 2. The van der Waals surface area contributed by atoms with E-state index in [1.54, 1.807) is 17.9 Å². The first kappa shape index (κ1) is 15.8. The molecular formula is C19H18N2O3. The Labute approximate surface area is 140 Å². The van der Waals surface area contributed by atoms with Crippen molar-refractivity contribution in [2.45, 2.75) is 13.8 Å². The van der Waals surface area contributed by atoms with Crippen LogP contribution in [0.15, 0.2) is 48.5 Å². The van der Waals surface area contributed by atoms with Gasteiger partial charge < -0.3 is 9.84 Å². The highest BCUT2D eigenvalue weighted by Crippen LogP contribution is 2.28. The molecule has 0 unspecified atom stereocenters. The number of hydrogen-bond donors (Lipinski definition) is 1. The SMILES string of the molecule is COc1ccc(-n2nc(C(=O)O)cc2-c2ccc(C)cc2C)cc1. The van der Waals surface area contributed by atoms with Crippen LogP contribution >= 0.6 is 0 Å². The van der Waals surface area contributed by atoms with Crippen molar-refractivity contribution < 1.29 is 14.6 Å². The maximum Gasteiger partial charge on any atom is 0.356 e. The smallest absolute Gasteiger partial charge is 0.356 e. The highest BCUT2D eigenvalue weighted by Gasteiger charge is 2.17. The lowest BCUT2D eigenvalue weighted by molar-refractivity contribution is 0.0690. The standard InChI is InChI=1S/C19H18N2O3/c1-12-4-9-16(13(2)10-12)18-11-17(19(22)23)20-21(18)14-5-7-15(24-3)8-6-14/h4-11H,1-3H3,(H,22,23). The second-order valence-corrected chi connectivity index (χ2v) is 5.65. The molecule has 0 fully saturated rings. The van der Waals surface area contributed by atoms with E-state index in [1.807, 2.05) is 50.2 Å². The van der Waals surface area contributed by atoms with Crippen LogP contribution in [-0.4, -0.2) is 28.0 Å². The van der Waals surface area contributed by atoms with Crippen LogP contribution in [0.3, 0.4) is 0 Å². The van der Waals surface area contributed by atoms with Crippen molar-refractivity contribution in [3.63, 3.8) is 0 Å². The van der Waals surface area contributed by atoms with E-state index in [0.29, 0.717) is 0 Å². The third-order valence-electron chi connectivity index (χ3n) is 3.90. The van der Waals surface area contributed by atoms with E-state index in [1.165, 1.54) is 0 Å². The second-order valence-electron chi connectivity index (χ2n) is 5.65. The molecule has 3 aromatic rings. The Balaban J connectivity index is 2.18. The van der Waals surface area contributed by atoms with Crippen LogP contribution in [0.1, 0.15) is 21.6 Å². The summed E-state index contributed by atoms with van der Waals surface area (Å²) < 4.78 is 6.83. The van der Waals surface area contributed by atoms with Crippen molar-refractivity contribution >= 4 is 5.97 Å². The zero-order valence-electron chi connectivity index (χ0n) is 13.8. The van der Waals surface area contributed by atoms with Gasteiger partial charge in [-0.25, -0.2) is 9.48 Å². The van der Waals surface area contributed by atoms with Crippen molar-refractivity contribution in [3.05, 3.63) is 65.4 Å². The summed E-state index contributed by atoms with van der Waals surface area (Å²) in [6.07, 6.45) is 0.